The van der Waals surface area contributed by atoms with E-state index in [0.717, 1.165) is 0 Å². The van der Waals surface area contributed by atoms with Gasteiger partial charge in [-0.3, -0.25) is 4.79 Å². The molecule has 1 atom stereocenters. The Morgan fingerprint density at radius 1 is 1.07 bits per heavy atom. The first-order chi connectivity index (χ1) is 13.1. The summed E-state index contributed by atoms with van der Waals surface area (Å²) in [5.74, 6) is -0.694. The molecule has 8 nitrogen and oxygen atoms in total. The molecule has 1 N–H and O–H groups in total. The minimum absolute atomic E-state index is 0.00640. The lowest BCUT2D eigenvalue weighted by Gasteiger charge is -2.24. The number of fused-ring (bicyclic) bond motifs is 1. The van der Waals surface area contributed by atoms with Gasteiger partial charge in [0.05, 0.1) is 12.7 Å². The number of esters is 2. The Morgan fingerprint density at radius 3 is 2.48 bits per heavy atom. The number of methoxy groups -OCH3 is 1. The first-order valence-electron chi connectivity index (χ1n) is 8.10. The zero-order valence-corrected chi connectivity index (χ0v) is 14.5. The van der Waals surface area contributed by atoms with Crippen LogP contribution >= 0.6 is 0 Å². The van der Waals surface area contributed by atoms with Crippen LogP contribution in [-0.2, 0) is 19.1 Å². The fraction of sp³-hybridized carbons (Fsp3) is 0.211. The molecule has 1 aliphatic rings. The van der Waals surface area contributed by atoms with Crippen molar-refractivity contribution in [2.24, 2.45) is 0 Å². The number of anilines is 1. The molecule has 0 saturated carbocycles. The molecule has 140 valence electrons. The van der Waals surface area contributed by atoms with Crippen molar-refractivity contribution in [3.63, 3.8) is 0 Å². The van der Waals surface area contributed by atoms with Gasteiger partial charge in [-0.05, 0) is 36.4 Å². The highest BCUT2D eigenvalue weighted by Gasteiger charge is 2.29. The first-order valence-corrected chi connectivity index (χ1v) is 8.10. The molecule has 0 aliphatic carbocycles. The molecular formula is C19H17NO7. The van der Waals surface area contributed by atoms with E-state index in [4.69, 9.17) is 14.2 Å². The van der Waals surface area contributed by atoms with Crippen molar-refractivity contribution in [2.45, 2.75) is 6.10 Å². The maximum atomic E-state index is 12.1. The van der Waals surface area contributed by atoms with Gasteiger partial charge in [0.2, 0.25) is 6.10 Å². The highest BCUT2D eigenvalue weighted by molar-refractivity contribution is 5.94. The molecule has 1 aliphatic heterocycles. The van der Waals surface area contributed by atoms with Crippen molar-refractivity contribution >= 4 is 23.5 Å². The number of ether oxygens (including phenoxy) is 4. The van der Waals surface area contributed by atoms with Crippen molar-refractivity contribution in [1.82, 2.24) is 0 Å². The second-order valence-electron chi connectivity index (χ2n) is 5.59. The molecule has 8 heteroatoms. The lowest BCUT2D eigenvalue weighted by atomic mass is 10.2. The van der Waals surface area contributed by atoms with Gasteiger partial charge in [0.1, 0.15) is 6.61 Å². The number of hydrogen-bond donors (Lipinski definition) is 1. The van der Waals surface area contributed by atoms with Crippen molar-refractivity contribution in [3.05, 3.63) is 54.1 Å². The van der Waals surface area contributed by atoms with Crippen molar-refractivity contribution in [1.29, 1.82) is 0 Å². The molecule has 1 heterocycles. The number of amides is 1. The normalized spacial score (nSPS) is 14.8. The summed E-state index contributed by atoms with van der Waals surface area (Å²) >= 11 is 0. The van der Waals surface area contributed by atoms with E-state index in [1.807, 2.05) is 0 Å². The van der Waals surface area contributed by atoms with Crippen LogP contribution in [0, 0.1) is 0 Å². The highest BCUT2D eigenvalue weighted by Crippen LogP contribution is 2.31. The van der Waals surface area contributed by atoms with Crippen molar-refractivity contribution in [3.8, 4) is 11.5 Å². The van der Waals surface area contributed by atoms with E-state index < -0.39 is 30.6 Å². The number of hydrogen-bond acceptors (Lipinski definition) is 7. The van der Waals surface area contributed by atoms with Crippen LogP contribution in [-0.4, -0.2) is 44.3 Å². The third kappa shape index (κ3) is 4.55. The third-order valence-electron chi connectivity index (χ3n) is 3.71. The maximum absolute atomic E-state index is 12.1. The second kappa shape index (κ2) is 8.22. The van der Waals surface area contributed by atoms with Crippen LogP contribution in [0.4, 0.5) is 5.69 Å². The minimum Gasteiger partial charge on any atom is -0.485 e. The van der Waals surface area contributed by atoms with E-state index in [0.29, 0.717) is 22.7 Å². The molecule has 0 fully saturated rings. The van der Waals surface area contributed by atoms with Crippen LogP contribution in [0.1, 0.15) is 10.4 Å². The monoisotopic (exact) mass is 371 g/mol. The van der Waals surface area contributed by atoms with Crippen LogP contribution in [0.15, 0.2) is 48.5 Å². The lowest BCUT2D eigenvalue weighted by Crippen LogP contribution is -2.39. The topological polar surface area (TPSA) is 100 Å². The number of para-hydroxylation sites is 2. The Kier molecular flexibility index (Phi) is 5.55. The number of carbonyl (C=O) groups is 3. The predicted molar refractivity (Wildman–Crippen MR) is 93.7 cm³/mol. The molecule has 0 saturated heterocycles. The largest absolute Gasteiger partial charge is 0.485 e. The Morgan fingerprint density at radius 2 is 1.78 bits per heavy atom. The molecule has 27 heavy (non-hydrogen) atoms. The first kappa shape index (κ1) is 18.2. The number of benzene rings is 2. The number of rotatable bonds is 5. The van der Waals surface area contributed by atoms with E-state index in [2.05, 4.69) is 10.1 Å². The third-order valence-corrected chi connectivity index (χ3v) is 3.71. The van der Waals surface area contributed by atoms with E-state index in [1.165, 1.54) is 19.2 Å². The Labute approximate surface area is 155 Å². The van der Waals surface area contributed by atoms with Crippen LogP contribution in [0.3, 0.4) is 0 Å². The van der Waals surface area contributed by atoms with Crippen LogP contribution in [0.2, 0.25) is 0 Å². The fourth-order valence-electron chi connectivity index (χ4n) is 2.37. The van der Waals surface area contributed by atoms with Crippen LogP contribution in [0.25, 0.3) is 0 Å². The quantitative estimate of drug-likeness (QED) is 0.800. The summed E-state index contributed by atoms with van der Waals surface area (Å²) in [5.41, 5.74) is 0.812. The van der Waals surface area contributed by atoms with E-state index in [9.17, 15) is 14.4 Å². The molecule has 1 unspecified atom stereocenters. The van der Waals surface area contributed by atoms with Gasteiger partial charge in [-0.15, -0.1) is 0 Å². The summed E-state index contributed by atoms with van der Waals surface area (Å²) in [5, 5.41) is 2.56. The molecule has 1 amide bonds. The molecule has 2 aromatic carbocycles. The molecule has 3 rings (SSSR count). The number of carbonyl (C=O) groups excluding carboxylic acids is 3. The molecule has 0 aromatic heterocycles. The summed E-state index contributed by atoms with van der Waals surface area (Å²) < 4.78 is 20.5. The Hall–Kier alpha value is -3.55. The Bertz CT molecular complexity index is 847. The van der Waals surface area contributed by atoms with E-state index in [1.54, 1.807) is 36.4 Å². The molecular weight excluding hydrogens is 354 g/mol. The Balaban J connectivity index is 1.48. The fourth-order valence-corrected chi connectivity index (χ4v) is 2.37. The molecule has 2 aromatic rings. The summed E-state index contributed by atoms with van der Waals surface area (Å²) in [7, 11) is 1.28. The summed E-state index contributed by atoms with van der Waals surface area (Å²) in [6.45, 7) is -0.467. The summed E-state index contributed by atoms with van der Waals surface area (Å²) in [6, 6.07) is 13.1. The van der Waals surface area contributed by atoms with Gasteiger partial charge in [0.25, 0.3) is 5.91 Å². The maximum Gasteiger partial charge on any atom is 0.351 e. The smallest absolute Gasteiger partial charge is 0.351 e. The molecule has 0 spiro atoms. The van der Waals surface area contributed by atoms with Crippen LogP contribution < -0.4 is 14.8 Å². The summed E-state index contributed by atoms with van der Waals surface area (Å²) in [4.78, 5) is 35.3. The van der Waals surface area contributed by atoms with Gasteiger partial charge in [-0.1, -0.05) is 12.1 Å². The average Bonchev–Trinajstić information content (AvgIpc) is 2.71. The second-order valence-corrected chi connectivity index (χ2v) is 5.59. The van der Waals surface area contributed by atoms with Gasteiger partial charge < -0.3 is 24.3 Å². The zero-order valence-electron chi connectivity index (χ0n) is 14.5. The van der Waals surface area contributed by atoms with E-state index >= 15 is 0 Å². The average molecular weight is 371 g/mol. The SMILES string of the molecule is COC(=O)c1ccc(NC(=O)COC(=O)C2COc3ccccc3O2)cc1. The van der Waals surface area contributed by atoms with Gasteiger partial charge in [-0.25, -0.2) is 9.59 Å². The summed E-state index contributed by atoms with van der Waals surface area (Å²) in [6.07, 6.45) is -0.938. The molecule has 0 radical (unpaired) electrons. The lowest BCUT2D eigenvalue weighted by molar-refractivity contribution is -0.156. The number of nitrogens with one attached hydrogen (secondary N) is 1. The zero-order chi connectivity index (χ0) is 19.2. The van der Waals surface area contributed by atoms with Gasteiger partial charge in [0.15, 0.2) is 18.1 Å². The minimum atomic E-state index is -0.938. The molecule has 0 bridgehead atoms. The predicted octanol–water partition coefficient (Wildman–Crippen LogP) is 1.79. The van der Waals surface area contributed by atoms with Gasteiger partial charge in [-0.2, -0.15) is 0 Å². The van der Waals surface area contributed by atoms with Gasteiger partial charge >= 0.3 is 11.9 Å². The van der Waals surface area contributed by atoms with Crippen molar-refractivity contribution in [2.75, 3.05) is 25.6 Å². The van der Waals surface area contributed by atoms with E-state index in [-0.39, 0.29) is 6.61 Å². The standard InChI is InChI=1S/C19H17NO7/c1-24-18(22)12-6-8-13(9-7-12)20-17(21)11-26-19(23)16-10-25-14-4-2-3-5-15(14)27-16/h2-9,16H,10-11H2,1H3,(H,20,21). The van der Waals surface area contributed by atoms with Crippen molar-refractivity contribution < 1.29 is 33.3 Å². The van der Waals surface area contributed by atoms with Gasteiger partial charge in [0, 0.05) is 5.69 Å². The van der Waals surface area contributed by atoms with Crippen LogP contribution in [0.5, 0.6) is 11.5 Å². The highest BCUT2D eigenvalue weighted by atomic mass is 16.6.